The van der Waals surface area contributed by atoms with Crippen LogP contribution < -0.4 is 21.9 Å². The average molecular weight is 444 g/mol. The zero-order valence-corrected chi connectivity index (χ0v) is 17.7. The number of nitrogens with two attached hydrogens (primary N) is 3. The summed E-state index contributed by atoms with van der Waals surface area (Å²) in [6, 6.07) is 11.4. The van der Waals surface area contributed by atoms with Crippen LogP contribution >= 0.6 is 23.2 Å². The molecule has 0 saturated carbocycles. The first-order valence-electron chi connectivity index (χ1n) is 8.74. The molecular weight excluding hydrogens is 417 g/mol. The summed E-state index contributed by atoms with van der Waals surface area (Å²) in [4.78, 5) is 20.3. The van der Waals surface area contributed by atoms with Gasteiger partial charge in [0.15, 0.2) is 6.29 Å². The number of para-hydroxylation sites is 2. The summed E-state index contributed by atoms with van der Waals surface area (Å²) in [6.45, 7) is 0.604. The fourth-order valence-electron chi connectivity index (χ4n) is 1.90. The molecule has 7 nitrogen and oxygen atoms in total. The van der Waals surface area contributed by atoms with E-state index in [9.17, 15) is 9.59 Å². The summed E-state index contributed by atoms with van der Waals surface area (Å²) in [5.41, 5.74) is 17.1. The van der Waals surface area contributed by atoms with E-state index in [1.165, 1.54) is 6.07 Å². The minimum absolute atomic E-state index is 0.391. The topological polar surface area (TPSA) is 142 Å². The highest BCUT2D eigenvalue weighted by molar-refractivity contribution is 6.36. The van der Waals surface area contributed by atoms with Crippen LogP contribution in [-0.4, -0.2) is 37.1 Å². The Balaban J connectivity index is 0.000000406. The van der Waals surface area contributed by atoms with Crippen LogP contribution in [0.3, 0.4) is 0 Å². The predicted octanol–water partition coefficient (Wildman–Crippen LogP) is 3.61. The van der Waals surface area contributed by atoms with Gasteiger partial charge in [-0.2, -0.15) is 0 Å². The number of carbonyl (C=O) groups is 2. The zero-order chi connectivity index (χ0) is 22.2. The molecule has 1 atom stereocenters. The van der Waals surface area contributed by atoms with Gasteiger partial charge in [-0.25, -0.2) is 0 Å². The second-order valence-corrected chi connectivity index (χ2v) is 6.60. The Kier molecular flexibility index (Phi) is 14.3. The van der Waals surface area contributed by atoms with Gasteiger partial charge < -0.3 is 27.0 Å². The highest BCUT2D eigenvalue weighted by Crippen LogP contribution is 2.19. The first-order chi connectivity index (χ1) is 13.8. The molecule has 7 N–H and O–H groups in total. The lowest BCUT2D eigenvalue weighted by molar-refractivity contribution is -0.138. The van der Waals surface area contributed by atoms with Crippen LogP contribution in [0.5, 0.6) is 5.75 Å². The van der Waals surface area contributed by atoms with Gasteiger partial charge in [0.05, 0.1) is 17.8 Å². The Morgan fingerprint density at radius 1 is 1.21 bits per heavy atom. The monoisotopic (exact) mass is 443 g/mol. The van der Waals surface area contributed by atoms with Crippen molar-refractivity contribution in [1.29, 1.82) is 0 Å². The highest BCUT2D eigenvalue weighted by Gasteiger charge is 2.09. The fraction of sp³-hybridized carbons (Fsp3) is 0.300. The Bertz CT molecular complexity index is 760. The van der Waals surface area contributed by atoms with Gasteiger partial charge in [0.2, 0.25) is 0 Å². The lowest BCUT2D eigenvalue weighted by Crippen LogP contribution is -2.29. The first-order valence-corrected chi connectivity index (χ1v) is 9.49. The van der Waals surface area contributed by atoms with Crippen LogP contribution in [-0.2, 0) is 4.79 Å². The molecule has 2 aromatic rings. The number of carboxylic acids is 1. The molecule has 0 radical (unpaired) electrons. The number of nitrogen functional groups attached to an aromatic ring is 1. The lowest BCUT2D eigenvalue weighted by Gasteiger charge is -2.03. The van der Waals surface area contributed by atoms with Crippen LogP contribution in [0.2, 0.25) is 10.0 Å². The standard InChI is InChI=1S/C7H4Cl2O.C7H9NO.C6H14N2O2/c8-6-2-1-5(4-10)7(9)3-6;1-9-7-5-3-2-4-6(7)8;7-4-2-1-3-5(8)6(9)10/h1-4H;2-5H,8H2,1H3;5H,1-4,7-8H2,(H,9,10)/t;;5-/m..0/s1. The van der Waals surface area contributed by atoms with Crippen LogP contribution in [0.1, 0.15) is 29.6 Å². The van der Waals surface area contributed by atoms with Gasteiger partial charge in [0.1, 0.15) is 11.8 Å². The molecular formula is C20H27Cl2N3O4. The first kappa shape index (κ1) is 26.7. The smallest absolute Gasteiger partial charge is 0.320 e. The third-order valence-electron chi connectivity index (χ3n) is 3.51. The summed E-state index contributed by atoms with van der Waals surface area (Å²) in [7, 11) is 1.60. The molecule has 0 bridgehead atoms. The average Bonchev–Trinajstić information content (AvgIpc) is 2.69. The van der Waals surface area contributed by atoms with Crippen LogP contribution in [0, 0.1) is 0 Å². The number of anilines is 1. The highest BCUT2D eigenvalue weighted by atomic mass is 35.5. The molecule has 29 heavy (non-hydrogen) atoms. The molecule has 160 valence electrons. The number of aldehydes is 1. The molecule has 0 aliphatic rings. The van der Waals surface area contributed by atoms with Crippen molar-refractivity contribution in [3.63, 3.8) is 0 Å². The van der Waals surface area contributed by atoms with E-state index in [2.05, 4.69) is 0 Å². The summed E-state index contributed by atoms with van der Waals surface area (Å²) < 4.78 is 4.92. The van der Waals surface area contributed by atoms with Crippen LogP contribution in [0.25, 0.3) is 0 Å². The van der Waals surface area contributed by atoms with Crippen LogP contribution in [0.4, 0.5) is 5.69 Å². The van der Waals surface area contributed by atoms with Crippen molar-refractivity contribution in [2.24, 2.45) is 11.5 Å². The number of methoxy groups -OCH3 is 1. The van der Waals surface area contributed by atoms with Crippen molar-refractivity contribution < 1.29 is 19.4 Å². The number of hydrogen-bond donors (Lipinski definition) is 4. The minimum atomic E-state index is -0.933. The maximum Gasteiger partial charge on any atom is 0.320 e. The number of carbonyl (C=O) groups excluding carboxylic acids is 1. The van der Waals surface area contributed by atoms with Crippen molar-refractivity contribution in [1.82, 2.24) is 0 Å². The molecule has 0 amide bonds. The molecule has 0 spiro atoms. The number of unbranched alkanes of at least 4 members (excludes halogenated alkanes) is 1. The molecule has 0 aliphatic heterocycles. The number of carboxylic acid groups (broad SMARTS) is 1. The second kappa shape index (κ2) is 15.6. The molecule has 0 saturated heterocycles. The molecule has 0 fully saturated rings. The van der Waals surface area contributed by atoms with Crippen molar-refractivity contribution in [3.8, 4) is 5.75 Å². The largest absolute Gasteiger partial charge is 0.495 e. The molecule has 2 aromatic carbocycles. The Hall–Kier alpha value is -2.32. The van der Waals surface area contributed by atoms with Crippen molar-refractivity contribution in [2.75, 3.05) is 19.4 Å². The Labute approximate surface area is 180 Å². The van der Waals surface area contributed by atoms with Gasteiger partial charge in [-0.3, -0.25) is 9.59 Å². The molecule has 9 heteroatoms. The minimum Gasteiger partial charge on any atom is -0.495 e. The van der Waals surface area contributed by atoms with E-state index in [4.69, 9.17) is 50.2 Å². The number of hydrogen-bond acceptors (Lipinski definition) is 6. The lowest BCUT2D eigenvalue weighted by atomic mass is 10.1. The number of benzene rings is 2. The van der Waals surface area contributed by atoms with E-state index < -0.39 is 12.0 Å². The van der Waals surface area contributed by atoms with E-state index in [-0.39, 0.29) is 0 Å². The maximum absolute atomic E-state index is 10.2. The third-order valence-corrected chi connectivity index (χ3v) is 4.08. The van der Waals surface area contributed by atoms with Gasteiger partial charge in [0, 0.05) is 10.6 Å². The van der Waals surface area contributed by atoms with E-state index in [0.717, 1.165) is 18.6 Å². The Morgan fingerprint density at radius 3 is 2.31 bits per heavy atom. The summed E-state index contributed by atoms with van der Waals surface area (Å²) in [6.07, 6.45) is 2.86. The number of rotatable bonds is 7. The molecule has 2 rings (SSSR count). The van der Waals surface area contributed by atoms with E-state index in [0.29, 0.717) is 40.5 Å². The van der Waals surface area contributed by atoms with Gasteiger partial charge in [-0.1, -0.05) is 41.8 Å². The summed E-state index contributed by atoms with van der Waals surface area (Å²) in [5.74, 6) is -0.200. The summed E-state index contributed by atoms with van der Waals surface area (Å²) >= 11 is 11.2. The van der Waals surface area contributed by atoms with Gasteiger partial charge in [-0.05, 0) is 49.7 Å². The zero-order valence-electron chi connectivity index (χ0n) is 16.2. The van der Waals surface area contributed by atoms with Gasteiger partial charge in [-0.15, -0.1) is 0 Å². The van der Waals surface area contributed by atoms with Crippen molar-refractivity contribution in [3.05, 3.63) is 58.1 Å². The number of halogens is 2. The quantitative estimate of drug-likeness (QED) is 0.290. The SMILES string of the molecule is COc1ccccc1N.NCCCC[C@H](N)C(=O)O.O=Cc1ccc(Cl)cc1Cl. The molecule has 0 heterocycles. The second-order valence-electron chi connectivity index (χ2n) is 5.75. The van der Waals surface area contributed by atoms with E-state index in [1.54, 1.807) is 25.3 Å². The normalized spacial score (nSPS) is 10.5. The van der Waals surface area contributed by atoms with Crippen molar-refractivity contribution >= 4 is 41.1 Å². The van der Waals surface area contributed by atoms with E-state index >= 15 is 0 Å². The fourth-order valence-corrected chi connectivity index (χ4v) is 2.35. The van der Waals surface area contributed by atoms with Gasteiger partial charge >= 0.3 is 5.97 Å². The predicted molar refractivity (Wildman–Crippen MR) is 118 cm³/mol. The maximum atomic E-state index is 10.2. The number of ether oxygens (including phenoxy) is 1. The van der Waals surface area contributed by atoms with E-state index in [1.807, 2.05) is 18.2 Å². The van der Waals surface area contributed by atoms with Crippen LogP contribution in [0.15, 0.2) is 42.5 Å². The van der Waals surface area contributed by atoms with Gasteiger partial charge in [0.25, 0.3) is 0 Å². The molecule has 0 aliphatic carbocycles. The summed E-state index contributed by atoms with van der Waals surface area (Å²) in [5, 5.41) is 9.25. The molecule has 0 aromatic heterocycles. The Morgan fingerprint density at radius 2 is 1.86 bits per heavy atom. The number of aliphatic carboxylic acids is 1. The molecule has 0 unspecified atom stereocenters. The third kappa shape index (κ3) is 12.0. The van der Waals surface area contributed by atoms with Crippen molar-refractivity contribution in [2.45, 2.75) is 25.3 Å².